The van der Waals surface area contributed by atoms with Crippen LogP contribution in [0.1, 0.15) is 91.7 Å². The molecule has 330 valence electrons. The van der Waals surface area contributed by atoms with Crippen molar-refractivity contribution in [2.75, 3.05) is 13.2 Å². The van der Waals surface area contributed by atoms with Gasteiger partial charge in [-0.05, 0) is 81.4 Å². The van der Waals surface area contributed by atoms with Crippen molar-refractivity contribution in [3.05, 3.63) is 42.1 Å². The van der Waals surface area contributed by atoms with E-state index in [2.05, 4.69) is 20.6 Å². The topological polar surface area (TPSA) is 206 Å². The number of ether oxygens (including phenoxy) is 2. The molecular weight excluding hydrogens is 817 g/mol. The van der Waals surface area contributed by atoms with Crippen LogP contribution in [0.15, 0.2) is 36.4 Å². The first kappa shape index (κ1) is 44.9. The number of para-hydroxylation sites is 2. The molecule has 3 saturated carbocycles. The summed E-state index contributed by atoms with van der Waals surface area (Å²) in [5, 5.41) is 14.2. The number of hydrogen-bond acceptors (Lipinski definition) is 11. The zero-order valence-electron chi connectivity index (χ0n) is 34.1. The van der Waals surface area contributed by atoms with Gasteiger partial charge >= 0.3 is 12.0 Å². The van der Waals surface area contributed by atoms with Gasteiger partial charge in [0.1, 0.15) is 29.8 Å². The average Bonchev–Trinajstić information content (AvgIpc) is 3.59. The molecule has 15 nitrogen and oxygen atoms in total. The molecule has 0 spiro atoms. The van der Waals surface area contributed by atoms with Crippen molar-refractivity contribution in [1.29, 1.82) is 0 Å². The highest BCUT2D eigenvalue weighted by atomic mass is 32.2. The molecule has 20 heteroatoms. The highest BCUT2D eigenvalue weighted by molar-refractivity contribution is 7.91. The van der Waals surface area contributed by atoms with Gasteiger partial charge in [-0.25, -0.2) is 32.0 Å². The van der Waals surface area contributed by atoms with Crippen LogP contribution < -0.4 is 20.1 Å². The molecular formula is C40H52F4N6O9S. The number of allylic oxidation sites excluding steroid dienone is 1. The molecule has 4 fully saturated rings. The third-order valence-electron chi connectivity index (χ3n) is 12.2. The van der Waals surface area contributed by atoms with E-state index in [4.69, 9.17) is 9.47 Å². The van der Waals surface area contributed by atoms with E-state index in [0.29, 0.717) is 12.5 Å². The molecule has 1 aromatic carbocycles. The van der Waals surface area contributed by atoms with Crippen LogP contribution in [0.4, 0.5) is 22.4 Å². The van der Waals surface area contributed by atoms with Crippen molar-refractivity contribution >= 4 is 44.9 Å². The van der Waals surface area contributed by atoms with Crippen molar-refractivity contribution in [2.24, 2.45) is 17.3 Å². The molecule has 0 radical (unpaired) electrons. The second kappa shape index (κ2) is 16.7. The number of sulfonamides is 1. The molecule has 2 heterocycles. The van der Waals surface area contributed by atoms with Gasteiger partial charge in [0.25, 0.3) is 5.91 Å². The Bertz CT molecular complexity index is 2130. The van der Waals surface area contributed by atoms with Gasteiger partial charge in [0.15, 0.2) is 5.69 Å². The average molecular weight is 869 g/mol. The number of nitrogens with zero attached hydrogens (tertiary/aromatic N) is 3. The SMILES string of the molecule is C[C@@H]1CCC[C@H]1OC(=O)N[C@H](C(=O)N1C[C@H](Oc2nc3ccccc3nc2C(F)(F)/C=C/CO)C[C@H]1C(=O)N[C@]1(C(=O)NS(=O)(=O)C2(C)CC2)CC[C@H]1C(F)F)C(C)(C)C. The fourth-order valence-corrected chi connectivity index (χ4v) is 9.32. The Kier molecular flexibility index (Phi) is 12.5. The van der Waals surface area contributed by atoms with Crippen LogP contribution in [-0.4, -0.2) is 106 Å². The van der Waals surface area contributed by atoms with Crippen molar-refractivity contribution in [2.45, 2.75) is 133 Å². The zero-order chi connectivity index (χ0) is 44.0. The van der Waals surface area contributed by atoms with Gasteiger partial charge in [0, 0.05) is 6.42 Å². The first-order valence-electron chi connectivity index (χ1n) is 20.1. The number of nitrogens with one attached hydrogen (secondary N) is 3. The number of rotatable bonds is 14. The van der Waals surface area contributed by atoms with E-state index in [-0.39, 0.29) is 42.6 Å². The minimum atomic E-state index is -4.33. The number of fused-ring (bicyclic) bond motifs is 1. The van der Waals surface area contributed by atoms with Crippen molar-refractivity contribution in [1.82, 2.24) is 30.2 Å². The summed E-state index contributed by atoms with van der Waals surface area (Å²) < 4.78 is 98.8. The number of benzene rings is 1. The van der Waals surface area contributed by atoms with Gasteiger partial charge in [0.2, 0.25) is 34.1 Å². The highest BCUT2D eigenvalue weighted by Crippen LogP contribution is 2.46. The lowest BCUT2D eigenvalue weighted by Crippen LogP contribution is -2.72. The zero-order valence-corrected chi connectivity index (χ0v) is 34.9. The molecule has 1 aliphatic heterocycles. The molecule has 4 aliphatic rings. The highest BCUT2D eigenvalue weighted by Gasteiger charge is 2.61. The van der Waals surface area contributed by atoms with E-state index in [0.717, 1.165) is 23.8 Å². The van der Waals surface area contributed by atoms with Crippen molar-refractivity contribution in [3.63, 3.8) is 0 Å². The first-order valence-corrected chi connectivity index (χ1v) is 21.5. The maximum Gasteiger partial charge on any atom is 0.408 e. The van der Waals surface area contributed by atoms with Crippen LogP contribution in [0.25, 0.3) is 11.0 Å². The Labute approximate surface area is 345 Å². The van der Waals surface area contributed by atoms with Gasteiger partial charge in [-0.1, -0.05) is 45.9 Å². The molecule has 7 atom stereocenters. The number of aromatic nitrogens is 2. The number of alkyl carbamates (subject to hydrolysis) is 1. The summed E-state index contributed by atoms with van der Waals surface area (Å²) in [6.45, 7) is 7.09. The Morgan fingerprint density at radius 3 is 2.27 bits per heavy atom. The van der Waals surface area contributed by atoms with Crippen LogP contribution in [0, 0.1) is 17.3 Å². The van der Waals surface area contributed by atoms with E-state index in [1.54, 1.807) is 32.9 Å². The minimum Gasteiger partial charge on any atom is -0.471 e. The van der Waals surface area contributed by atoms with Crippen LogP contribution in [0.5, 0.6) is 5.88 Å². The van der Waals surface area contributed by atoms with Crippen LogP contribution in [0.3, 0.4) is 0 Å². The van der Waals surface area contributed by atoms with Crippen LogP contribution >= 0.6 is 0 Å². The summed E-state index contributed by atoms with van der Waals surface area (Å²) in [5.41, 5.74) is -4.11. The number of aliphatic hydroxyl groups excluding tert-OH is 1. The van der Waals surface area contributed by atoms with Crippen LogP contribution in [0.2, 0.25) is 0 Å². The largest absolute Gasteiger partial charge is 0.471 e. The van der Waals surface area contributed by atoms with Crippen molar-refractivity contribution in [3.8, 4) is 5.88 Å². The summed E-state index contributed by atoms with van der Waals surface area (Å²) in [6.07, 6.45) is -2.76. The van der Waals surface area contributed by atoms with E-state index in [9.17, 15) is 41.5 Å². The predicted octanol–water partition coefficient (Wildman–Crippen LogP) is 4.48. The molecule has 0 unspecified atom stereocenters. The second-order valence-corrected chi connectivity index (χ2v) is 19.9. The summed E-state index contributed by atoms with van der Waals surface area (Å²) >= 11 is 0. The lowest BCUT2D eigenvalue weighted by molar-refractivity contribution is -0.151. The lowest BCUT2D eigenvalue weighted by Gasteiger charge is -2.48. The molecule has 4 amide bonds. The number of amides is 4. The van der Waals surface area contributed by atoms with Gasteiger partial charge in [-0.3, -0.25) is 19.1 Å². The number of hydrogen-bond donors (Lipinski definition) is 4. The first-order chi connectivity index (χ1) is 28.0. The lowest BCUT2D eigenvalue weighted by atomic mass is 9.66. The third-order valence-corrected chi connectivity index (χ3v) is 14.4. The number of carbonyl (C=O) groups excluding carboxylic acids is 4. The Morgan fingerprint density at radius 2 is 1.72 bits per heavy atom. The van der Waals surface area contributed by atoms with E-state index >= 15 is 8.78 Å². The molecule has 1 aromatic heterocycles. The molecule has 1 saturated heterocycles. The molecule has 2 aromatic rings. The molecule has 0 bridgehead atoms. The monoisotopic (exact) mass is 868 g/mol. The van der Waals surface area contributed by atoms with Crippen LogP contribution in [-0.2, 0) is 35.1 Å². The minimum absolute atomic E-state index is 0.0777. The quantitative estimate of drug-likeness (QED) is 0.154. The number of halogens is 4. The van der Waals surface area contributed by atoms with Gasteiger partial charge in [-0.2, -0.15) is 8.78 Å². The Balaban J connectivity index is 1.35. The van der Waals surface area contributed by atoms with Gasteiger partial charge < -0.3 is 30.1 Å². The second-order valence-electron chi connectivity index (χ2n) is 17.7. The number of likely N-dealkylation sites (tertiary alicyclic amines) is 1. The smallest absolute Gasteiger partial charge is 0.408 e. The Morgan fingerprint density at radius 1 is 1.05 bits per heavy atom. The normalized spacial score (nSPS) is 27.1. The summed E-state index contributed by atoms with van der Waals surface area (Å²) in [7, 11) is -4.33. The van der Waals surface area contributed by atoms with E-state index in [1.165, 1.54) is 19.1 Å². The molecule has 3 aliphatic carbocycles. The number of aliphatic hydroxyl groups is 1. The fourth-order valence-electron chi connectivity index (χ4n) is 8.00. The van der Waals surface area contributed by atoms with Gasteiger partial charge in [-0.15, -0.1) is 0 Å². The fraction of sp³-hybridized carbons (Fsp3) is 0.650. The predicted molar refractivity (Wildman–Crippen MR) is 208 cm³/mol. The summed E-state index contributed by atoms with van der Waals surface area (Å²) in [5.74, 6) is -9.52. The molecule has 4 N–H and O–H groups in total. The third kappa shape index (κ3) is 9.04. The van der Waals surface area contributed by atoms with E-state index in [1.807, 2.05) is 11.6 Å². The number of carbonyl (C=O) groups is 4. The summed E-state index contributed by atoms with van der Waals surface area (Å²) in [6, 6.07) is 3.12. The maximum atomic E-state index is 15.6. The summed E-state index contributed by atoms with van der Waals surface area (Å²) in [4.78, 5) is 65.6. The van der Waals surface area contributed by atoms with E-state index < -0.39 is 123 Å². The number of alkyl halides is 4. The van der Waals surface area contributed by atoms with Gasteiger partial charge in [0.05, 0.1) is 34.8 Å². The van der Waals surface area contributed by atoms with Crippen molar-refractivity contribution < 1.29 is 59.7 Å². The standard InChI is InChI=1S/C40H52F4N6O9S/c1-22-10-8-13-28(22)59-36(55)47-30(37(2,3)4)34(53)50-21-23(58-33-29(40(43,44)15-9-19-51)45-25-11-6-7-12-26(25)46-33)20-27(50)32(52)48-39(16-14-24(39)31(41)42)35(54)49-60(56,57)38(5)17-18-38/h6-7,9,11-12,15,22-24,27-28,30-31,51H,8,10,13-14,16-21H2,1-5H3,(H,47,55)(H,48,52)(H,49,54)/b15-9+/t22-,23-,24+,27+,28-,30-,39-/m1/s1. The maximum absolute atomic E-state index is 15.6. The molecule has 60 heavy (non-hydrogen) atoms. The molecule has 6 rings (SSSR count). The Hall–Kier alpha value is -4.59.